The van der Waals surface area contributed by atoms with Gasteiger partial charge in [-0.15, -0.1) is 11.3 Å². The summed E-state index contributed by atoms with van der Waals surface area (Å²) in [5.41, 5.74) is 1.32. The summed E-state index contributed by atoms with van der Waals surface area (Å²) < 4.78 is 0. The minimum absolute atomic E-state index is 0.0905. The topological polar surface area (TPSA) is 49.4 Å². The summed E-state index contributed by atoms with van der Waals surface area (Å²) in [6, 6.07) is 8.94. The van der Waals surface area contributed by atoms with Crippen molar-refractivity contribution in [3.05, 3.63) is 45.1 Å². The first-order valence-corrected chi connectivity index (χ1v) is 8.22. The fourth-order valence-electron chi connectivity index (χ4n) is 2.46. The molecule has 0 spiro atoms. The fourth-order valence-corrected chi connectivity index (χ4v) is 3.50. The summed E-state index contributed by atoms with van der Waals surface area (Å²) in [7, 11) is 0. The van der Waals surface area contributed by atoms with Gasteiger partial charge in [0.05, 0.1) is 15.6 Å². The van der Waals surface area contributed by atoms with Crippen LogP contribution in [0.5, 0.6) is 0 Å². The first-order chi connectivity index (χ1) is 10.5. The van der Waals surface area contributed by atoms with Gasteiger partial charge < -0.3 is 10.2 Å². The molecule has 4 nitrogen and oxygen atoms in total. The second-order valence-electron chi connectivity index (χ2n) is 5.18. The molecule has 0 bridgehead atoms. The second-order valence-corrected chi connectivity index (χ2v) is 6.87. The summed E-state index contributed by atoms with van der Waals surface area (Å²) in [5, 5.41) is 3.29. The van der Waals surface area contributed by atoms with Gasteiger partial charge in [0.25, 0.3) is 5.91 Å². The molecule has 0 saturated carbocycles. The van der Waals surface area contributed by atoms with E-state index in [2.05, 4.69) is 5.32 Å². The van der Waals surface area contributed by atoms with Crippen molar-refractivity contribution in [1.29, 1.82) is 0 Å². The van der Waals surface area contributed by atoms with Crippen LogP contribution >= 0.6 is 22.9 Å². The van der Waals surface area contributed by atoms with E-state index in [1.165, 1.54) is 11.3 Å². The molecule has 1 aliphatic heterocycles. The van der Waals surface area contributed by atoms with Crippen LogP contribution in [0.15, 0.2) is 30.3 Å². The smallest absolute Gasteiger partial charge is 0.265 e. The predicted molar refractivity (Wildman–Crippen MR) is 90.0 cm³/mol. The first-order valence-electron chi connectivity index (χ1n) is 7.02. The van der Waals surface area contributed by atoms with Crippen LogP contribution in [0.1, 0.15) is 27.4 Å². The van der Waals surface area contributed by atoms with Crippen molar-refractivity contribution in [2.45, 2.75) is 19.8 Å². The van der Waals surface area contributed by atoms with E-state index < -0.39 is 0 Å². The molecule has 2 heterocycles. The predicted octanol–water partition coefficient (Wildman–Crippen LogP) is 4.09. The number of benzene rings is 1. The van der Waals surface area contributed by atoms with Gasteiger partial charge in [-0.3, -0.25) is 9.59 Å². The maximum Gasteiger partial charge on any atom is 0.265 e. The maximum atomic E-state index is 12.1. The second kappa shape index (κ2) is 6.10. The molecule has 0 unspecified atom stereocenters. The van der Waals surface area contributed by atoms with Gasteiger partial charge in [-0.05, 0) is 43.7 Å². The van der Waals surface area contributed by atoms with E-state index in [1.54, 1.807) is 29.2 Å². The highest BCUT2D eigenvalue weighted by atomic mass is 35.5. The third kappa shape index (κ3) is 3.00. The van der Waals surface area contributed by atoms with Gasteiger partial charge >= 0.3 is 0 Å². The molecular formula is C16H15ClN2O2S. The number of hydrogen-bond donors (Lipinski definition) is 1. The number of thiophene rings is 1. The third-order valence-corrected chi connectivity index (χ3v) is 4.84. The number of amides is 2. The number of aryl methyl sites for hydroxylation is 1. The highest BCUT2D eigenvalue weighted by molar-refractivity contribution is 7.14. The Hall–Kier alpha value is -1.85. The van der Waals surface area contributed by atoms with Gasteiger partial charge in [0.15, 0.2) is 0 Å². The van der Waals surface area contributed by atoms with Crippen LogP contribution in [0.4, 0.5) is 11.4 Å². The zero-order valence-corrected chi connectivity index (χ0v) is 13.6. The average Bonchev–Trinajstić information content (AvgIpc) is 3.08. The van der Waals surface area contributed by atoms with E-state index in [9.17, 15) is 9.59 Å². The van der Waals surface area contributed by atoms with Gasteiger partial charge in [-0.25, -0.2) is 0 Å². The molecule has 0 radical (unpaired) electrons. The lowest BCUT2D eigenvalue weighted by molar-refractivity contribution is -0.117. The third-order valence-electron chi connectivity index (χ3n) is 3.53. The van der Waals surface area contributed by atoms with Gasteiger partial charge in [0.2, 0.25) is 5.91 Å². The molecule has 1 N–H and O–H groups in total. The van der Waals surface area contributed by atoms with E-state index in [4.69, 9.17) is 11.6 Å². The molecule has 3 rings (SSSR count). The highest BCUT2D eigenvalue weighted by Gasteiger charge is 2.23. The number of nitrogens with zero attached hydrogens (tertiary/aromatic N) is 1. The minimum Gasteiger partial charge on any atom is -0.321 e. The molecule has 22 heavy (non-hydrogen) atoms. The zero-order chi connectivity index (χ0) is 15.7. The van der Waals surface area contributed by atoms with Crippen LogP contribution < -0.4 is 10.2 Å². The summed E-state index contributed by atoms with van der Waals surface area (Å²) in [6.45, 7) is 2.65. The molecule has 2 amide bonds. The Morgan fingerprint density at radius 3 is 2.73 bits per heavy atom. The summed E-state index contributed by atoms with van der Waals surface area (Å²) in [6.07, 6.45) is 1.41. The number of anilines is 2. The highest BCUT2D eigenvalue weighted by Crippen LogP contribution is 2.32. The van der Waals surface area contributed by atoms with Crippen molar-refractivity contribution in [1.82, 2.24) is 0 Å². The summed E-state index contributed by atoms with van der Waals surface area (Å²) in [5.74, 6) is -0.0630. The normalized spacial score (nSPS) is 14.5. The van der Waals surface area contributed by atoms with Crippen molar-refractivity contribution < 1.29 is 9.59 Å². The lowest BCUT2D eigenvalue weighted by Gasteiger charge is -2.18. The molecule has 1 saturated heterocycles. The Kier molecular flexibility index (Phi) is 4.18. The van der Waals surface area contributed by atoms with Gasteiger partial charge in [-0.2, -0.15) is 0 Å². The van der Waals surface area contributed by atoms with Crippen LogP contribution in [0.2, 0.25) is 5.02 Å². The van der Waals surface area contributed by atoms with Gasteiger partial charge in [0.1, 0.15) is 0 Å². The lowest BCUT2D eigenvalue weighted by atomic mass is 10.2. The fraction of sp³-hybridized carbons (Fsp3) is 0.250. The molecule has 1 aromatic carbocycles. The number of carbonyl (C=O) groups is 2. The molecule has 2 aromatic rings. The van der Waals surface area contributed by atoms with Crippen molar-refractivity contribution in [3.8, 4) is 0 Å². The molecule has 1 aromatic heterocycles. The van der Waals surface area contributed by atoms with Crippen molar-refractivity contribution in [3.63, 3.8) is 0 Å². The lowest BCUT2D eigenvalue weighted by Crippen LogP contribution is -2.24. The van der Waals surface area contributed by atoms with E-state index in [0.717, 1.165) is 11.3 Å². The van der Waals surface area contributed by atoms with Gasteiger partial charge in [0, 0.05) is 23.5 Å². The zero-order valence-electron chi connectivity index (χ0n) is 12.1. The van der Waals surface area contributed by atoms with Crippen molar-refractivity contribution >= 4 is 46.1 Å². The van der Waals surface area contributed by atoms with Crippen molar-refractivity contribution in [2.24, 2.45) is 0 Å². The van der Waals surface area contributed by atoms with Crippen LogP contribution in [0.25, 0.3) is 0 Å². The quantitative estimate of drug-likeness (QED) is 0.919. The van der Waals surface area contributed by atoms with Crippen molar-refractivity contribution in [2.75, 3.05) is 16.8 Å². The average molecular weight is 335 g/mol. The van der Waals surface area contributed by atoms with E-state index >= 15 is 0 Å². The Morgan fingerprint density at radius 2 is 2.14 bits per heavy atom. The number of rotatable bonds is 3. The van der Waals surface area contributed by atoms with Crippen LogP contribution in [-0.2, 0) is 4.79 Å². The first kappa shape index (κ1) is 15.1. The molecule has 1 fully saturated rings. The molecule has 0 aliphatic carbocycles. The molecule has 114 valence electrons. The standard InChI is InChI=1S/C16H15ClN2O2S/c1-10-4-7-14(22-10)16(21)18-11-5-6-13(12(17)9-11)19-8-2-3-15(19)20/h4-7,9H,2-3,8H2,1H3,(H,18,21). The minimum atomic E-state index is -0.154. The molecule has 1 aliphatic rings. The van der Waals surface area contributed by atoms with E-state index in [0.29, 0.717) is 34.2 Å². The summed E-state index contributed by atoms with van der Waals surface area (Å²) >= 11 is 7.71. The Bertz CT molecular complexity index is 741. The maximum absolute atomic E-state index is 12.1. The SMILES string of the molecule is Cc1ccc(C(=O)Nc2ccc(N3CCCC3=O)c(Cl)c2)s1. The largest absolute Gasteiger partial charge is 0.321 e. The van der Waals surface area contributed by atoms with E-state index in [-0.39, 0.29) is 11.8 Å². The Labute approximate surface area is 137 Å². The Morgan fingerprint density at radius 1 is 1.32 bits per heavy atom. The Balaban J connectivity index is 1.77. The number of carbonyl (C=O) groups excluding carboxylic acids is 2. The van der Waals surface area contributed by atoms with Crippen LogP contribution in [0.3, 0.4) is 0 Å². The van der Waals surface area contributed by atoms with E-state index in [1.807, 2.05) is 13.0 Å². The monoisotopic (exact) mass is 334 g/mol. The van der Waals surface area contributed by atoms with Gasteiger partial charge in [-0.1, -0.05) is 11.6 Å². The molecule has 0 atom stereocenters. The summed E-state index contributed by atoms with van der Waals surface area (Å²) in [4.78, 5) is 27.3. The molecule has 6 heteroatoms. The number of halogens is 1. The number of hydrogen-bond acceptors (Lipinski definition) is 3. The van der Waals surface area contributed by atoms with Crippen LogP contribution in [-0.4, -0.2) is 18.4 Å². The molecular weight excluding hydrogens is 320 g/mol. The van der Waals surface area contributed by atoms with Crippen LogP contribution in [0, 0.1) is 6.92 Å². The number of nitrogens with one attached hydrogen (secondary N) is 1.